The Morgan fingerprint density at radius 3 is 2.40 bits per heavy atom. The van der Waals surface area contributed by atoms with Crippen LogP contribution in [-0.4, -0.2) is 15.1 Å². The van der Waals surface area contributed by atoms with E-state index in [1.54, 1.807) is 12.1 Å². The molecule has 1 heterocycles. The topological polar surface area (TPSA) is 84.1 Å². The molecule has 0 spiro atoms. The van der Waals surface area contributed by atoms with Crippen molar-refractivity contribution in [2.45, 2.75) is 6.18 Å². The molecule has 0 atom stereocenters. The van der Waals surface area contributed by atoms with E-state index in [0.29, 0.717) is 22.6 Å². The standard InChI is InChI=1S/C17H13F3N4O/c18-17(19,20)10-1-3-11(4-2-10)23-16-22-8-7-15(24-16)13-9-12(25)5-6-14(13)21/h1-9,25H,21H2,(H,22,23,24). The lowest BCUT2D eigenvalue weighted by atomic mass is 10.1. The molecule has 128 valence electrons. The van der Waals surface area contributed by atoms with Crippen LogP contribution < -0.4 is 11.1 Å². The first-order valence-electron chi connectivity index (χ1n) is 7.19. The van der Waals surface area contributed by atoms with Crippen molar-refractivity contribution in [3.05, 3.63) is 60.3 Å². The second-order valence-corrected chi connectivity index (χ2v) is 5.24. The molecular formula is C17H13F3N4O. The molecule has 4 N–H and O–H groups in total. The summed E-state index contributed by atoms with van der Waals surface area (Å²) in [5.41, 5.74) is 6.98. The molecule has 0 aliphatic carbocycles. The Balaban J connectivity index is 1.86. The molecule has 5 nitrogen and oxygen atoms in total. The number of aromatic nitrogens is 2. The minimum absolute atomic E-state index is 0.0417. The molecule has 8 heteroatoms. The Morgan fingerprint density at radius 1 is 1.00 bits per heavy atom. The fourth-order valence-electron chi connectivity index (χ4n) is 2.21. The highest BCUT2D eigenvalue weighted by molar-refractivity contribution is 5.75. The zero-order valence-electron chi connectivity index (χ0n) is 12.7. The van der Waals surface area contributed by atoms with Gasteiger partial charge in [0.2, 0.25) is 5.95 Å². The number of aromatic hydroxyl groups is 1. The highest BCUT2D eigenvalue weighted by atomic mass is 19.4. The van der Waals surface area contributed by atoms with Crippen LogP contribution in [-0.2, 0) is 6.18 Å². The normalized spacial score (nSPS) is 11.3. The molecule has 0 aliphatic rings. The van der Waals surface area contributed by atoms with Crippen molar-refractivity contribution in [2.24, 2.45) is 0 Å². The van der Waals surface area contributed by atoms with Crippen LogP contribution >= 0.6 is 0 Å². The van der Waals surface area contributed by atoms with Gasteiger partial charge in [-0.1, -0.05) is 0 Å². The van der Waals surface area contributed by atoms with Gasteiger partial charge in [-0.3, -0.25) is 0 Å². The Kier molecular flexibility index (Phi) is 4.18. The maximum atomic E-state index is 12.6. The minimum atomic E-state index is -4.39. The molecule has 25 heavy (non-hydrogen) atoms. The molecular weight excluding hydrogens is 333 g/mol. The molecule has 0 bridgehead atoms. The molecule has 0 saturated carbocycles. The van der Waals surface area contributed by atoms with E-state index < -0.39 is 11.7 Å². The van der Waals surface area contributed by atoms with Crippen LogP contribution in [0.1, 0.15) is 5.56 Å². The van der Waals surface area contributed by atoms with Crippen LogP contribution in [0.2, 0.25) is 0 Å². The maximum absolute atomic E-state index is 12.6. The van der Waals surface area contributed by atoms with Crippen LogP contribution in [0.4, 0.5) is 30.5 Å². The molecule has 0 radical (unpaired) electrons. The number of alkyl halides is 3. The van der Waals surface area contributed by atoms with E-state index in [2.05, 4.69) is 15.3 Å². The van der Waals surface area contributed by atoms with Gasteiger partial charge in [0, 0.05) is 23.1 Å². The van der Waals surface area contributed by atoms with Crippen molar-refractivity contribution in [2.75, 3.05) is 11.1 Å². The molecule has 0 fully saturated rings. The summed E-state index contributed by atoms with van der Waals surface area (Å²) in [4.78, 5) is 8.31. The van der Waals surface area contributed by atoms with Gasteiger partial charge in [0.05, 0.1) is 11.3 Å². The van der Waals surface area contributed by atoms with Gasteiger partial charge in [-0.25, -0.2) is 9.97 Å². The number of nitrogens with two attached hydrogens (primary N) is 1. The number of nitrogen functional groups attached to an aromatic ring is 1. The van der Waals surface area contributed by atoms with E-state index in [-0.39, 0.29) is 11.7 Å². The van der Waals surface area contributed by atoms with Crippen LogP contribution in [0.3, 0.4) is 0 Å². The highest BCUT2D eigenvalue weighted by Crippen LogP contribution is 2.31. The quantitative estimate of drug-likeness (QED) is 0.489. The number of anilines is 3. The van der Waals surface area contributed by atoms with Crippen molar-refractivity contribution in [1.82, 2.24) is 9.97 Å². The molecule has 0 saturated heterocycles. The van der Waals surface area contributed by atoms with Gasteiger partial charge in [-0.2, -0.15) is 13.2 Å². The van der Waals surface area contributed by atoms with Crippen molar-refractivity contribution in [3.63, 3.8) is 0 Å². The van der Waals surface area contributed by atoms with Gasteiger partial charge in [0.25, 0.3) is 0 Å². The first-order valence-corrected chi connectivity index (χ1v) is 7.19. The summed E-state index contributed by atoms with van der Waals surface area (Å²) in [6.07, 6.45) is -2.90. The third-order valence-electron chi connectivity index (χ3n) is 3.44. The lowest BCUT2D eigenvalue weighted by Gasteiger charge is -2.10. The second kappa shape index (κ2) is 6.31. The lowest BCUT2D eigenvalue weighted by molar-refractivity contribution is -0.137. The summed E-state index contributed by atoms with van der Waals surface area (Å²) < 4.78 is 37.7. The lowest BCUT2D eigenvalue weighted by Crippen LogP contribution is -2.05. The average Bonchev–Trinajstić information content (AvgIpc) is 2.57. The number of phenols is 1. The zero-order chi connectivity index (χ0) is 18.0. The number of nitrogens with zero attached hydrogens (tertiary/aromatic N) is 2. The fraction of sp³-hybridized carbons (Fsp3) is 0.0588. The number of rotatable bonds is 3. The van der Waals surface area contributed by atoms with Crippen molar-refractivity contribution >= 4 is 17.3 Å². The van der Waals surface area contributed by atoms with E-state index in [1.165, 1.54) is 30.5 Å². The van der Waals surface area contributed by atoms with E-state index in [9.17, 15) is 18.3 Å². The highest BCUT2D eigenvalue weighted by Gasteiger charge is 2.29. The first-order chi connectivity index (χ1) is 11.8. The number of hydrogen-bond donors (Lipinski definition) is 3. The predicted octanol–water partition coefficient (Wildman–Crippen LogP) is 4.19. The number of phenolic OH excluding ortho intramolecular Hbond substituents is 1. The Hall–Kier alpha value is -3.29. The molecule has 1 aromatic heterocycles. The number of halogens is 3. The van der Waals surface area contributed by atoms with E-state index in [1.807, 2.05) is 0 Å². The summed E-state index contributed by atoms with van der Waals surface area (Å²) in [6.45, 7) is 0. The zero-order valence-corrected chi connectivity index (χ0v) is 12.7. The third-order valence-corrected chi connectivity index (χ3v) is 3.44. The molecule has 0 aliphatic heterocycles. The van der Waals surface area contributed by atoms with Crippen molar-refractivity contribution in [3.8, 4) is 17.0 Å². The number of nitrogens with one attached hydrogen (secondary N) is 1. The third kappa shape index (κ3) is 3.79. The Bertz CT molecular complexity index is 895. The van der Waals surface area contributed by atoms with Gasteiger partial charge in [-0.15, -0.1) is 0 Å². The molecule has 0 unspecified atom stereocenters. The molecule has 0 amide bonds. The Morgan fingerprint density at radius 2 is 1.72 bits per heavy atom. The summed E-state index contributed by atoms with van der Waals surface area (Å²) in [5.74, 6) is 0.236. The first kappa shape index (κ1) is 16.6. The smallest absolute Gasteiger partial charge is 0.416 e. The second-order valence-electron chi connectivity index (χ2n) is 5.24. The Labute approximate surface area is 141 Å². The van der Waals surface area contributed by atoms with E-state index in [0.717, 1.165) is 12.1 Å². The van der Waals surface area contributed by atoms with Crippen LogP contribution in [0.15, 0.2) is 54.7 Å². The van der Waals surface area contributed by atoms with Gasteiger partial charge in [0.15, 0.2) is 0 Å². The van der Waals surface area contributed by atoms with E-state index >= 15 is 0 Å². The molecule has 3 aromatic rings. The SMILES string of the molecule is Nc1ccc(O)cc1-c1ccnc(Nc2ccc(C(F)(F)F)cc2)n1. The number of hydrogen-bond acceptors (Lipinski definition) is 5. The fourth-order valence-corrected chi connectivity index (χ4v) is 2.21. The van der Waals surface area contributed by atoms with Crippen molar-refractivity contribution in [1.29, 1.82) is 0 Å². The van der Waals surface area contributed by atoms with E-state index in [4.69, 9.17) is 5.73 Å². The minimum Gasteiger partial charge on any atom is -0.508 e. The largest absolute Gasteiger partial charge is 0.508 e. The van der Waals surface area contributed by atoms with Gasteiger partial charge in [-0.05, 0) is 48.5 Å². The summed E-state index contributed by atoms with van der Waals surface area (Å²) >= 11 is 0. The summed E-state index contributed by atoms with van der Waals surface area (Å²) in [6, 6.07) is 10.6. The monoisotopic (exact) mass is 346 g/mol. The van der Waals surface area contributed by atoms with Crippen molar-refractivity contribution < 1.29 is 18.3 Å². The van der Waals surface area contributed by atoms with Crippen LogP contribution in [0.5, 0.6) is 5.75 Å². The van der Waals surface area contributed by atoms with Crippen LogP contribution in [0.25, 0.3) is 11.3 Å². The average molecular weight is 346 g/mol. The predicted molar refractivity (Wildman–Crippen MR) is 88.3 cm³/mol. The molecule has 2 aromatic carbocycles. The van der Waals surface area contributed by atoms with Gasteiger partial charge in [0.1, 0.15) is 5.75 Å². The summed E-state index contributed by atoms with van der Waals surface area (Å²) in [7, 11) is 0. The van der Waals surface area contributed by atoms with Gasteiger partial charge >= 0.3 is 6.18 Å². The van der Waals surface area contributed by atoms with Crippen LogP contribution in [0, 0.1) is 0 Å². The molecule has 3 rings (SSSR count). The number of benzene rings is 2. The summed E-state index contributed by atoms with van der Waals surface area (Å²) in [5, 5.41) is 12.4. The maximum Gasteiger partial charge on any atom is 0.416 e. The van der Waals surface area contributed by atoms with Gasteiger partial charge < -0.3 is 16.2 Å².